The molecule has 2 heterocycles. The van der Waals surface area contributed by atoms with E-state index in [1.165, 1.54) is 23.1 Å². The number of nitrogens with zero attached hydrogens (tertiary/aromatic N) is 2. The van der Waals surface area contributed by atoms with Gasteiger partial charge in [0.05, 0.1) is 22.5 Å². The van der Waals surface area contributed by atoms with Crippen molar-refractivity contribution < 1.29 is 19.2 Å². The molecule has 0 bridgehead atoms. The van der Waals surface area contributed by atoms with Gasteiger partial charge in [0.25, 0.3) is 11.2 Å². The zero-order chi connectivity index (χ0) is 24.5. The number of nitro benzene ring substituents is 1. The summed E-state index contributed by atoms with van der Waals surface area (Å²) in [6, 6.07) is 10.2. The highest BCUT2D eigenvalue weighted by atomic mass is 32.1. The summed E-state index contributed by atoms with van der Waals surface area (Å²) in [5.41, 5.74) is 1.40. The lowest BCUT2D eigenvalue weighted by molar-refractivity contribution is -0.384. The standard InChI is InChI=1S/C25H21N3O6S/c1-2-33-19-13-14(10-11-18(19)34-25(30)15-6-5-7-16(12-15)28(31)32)22-26-23(29)21-17-8-3-4-9-20(17)35-24(21)27-22/h5-7,10-13H,2-4,8-9H2,1H3,(H,26,27,29). The van der Waals surface area contributed by atoms with Crippen molar-refractivity contribution in [1.29, 1.82) is 0 Å². The lowest BCUT2D eigenvalue weighted by Gasteiger charge is -2.12. The summed E-state index contributed by atoms with van der Waals surface area (Å²) in [5.74, 6) is 0.0947. The highest BCUT2D eigenvalue weighted by Gasteiger charge is 2.21. The van der Waals surface area contributed by atoms with Gasteiger partial charge in [-0.3, -0.25) is 14.9 Å². The van der Waals surface area contributed by atoms with Gasteiger partial charge in [0, 0.05) is 22.6 Å². The highest BCUT2D eigenvalue weighted by molar-refractivity contribution is 7.18. The number of aromatic nitrogens is 2. The van der Waals surface area contributed by atoms with Crippen LogP contribution in [0.3, 0.4) is 0 Å². The van der Waals surface area contributed by atoms with Crippen LogP contribution in [0, 0.1) is 10.1 Å². The molecule has 35 heavy (non-hydrogen) atoms. The Balaban J connectivity index is 1.48. The topological polar surface area (TPSA) is 124 Å². The Bertz CT molecular complexity index is 1520. The number of H-pyrrole nitrogens is 1. The summed E-state index contributed by atoms with van der Waals surface area (Å²) in [6.07, 6.45) is 4.08. The first-order valence-corrected chi connectivity index (χ1v) is 12.0. The molecule has 0 unspecified atom stereocenters. The predicted octanol–water partition coefficient (Wildman–Crippen LogP) is 5.06. The normalized spacial score (nSPS) is 12.8. The van der Waals surface area contributed by atoms with E-state index in [0.717, 1.165) is 42.1 Å². The molecule has 2 aromatic heterocycles. The number of non-ortho nitro benzene ring substituents is 1. The van der Waals surface area contributed by atoms with Gasteiger partial charge in [0.15, 0.2) is 11.5 Å². The van der Waals surface area contributed by atoms with Gasteiger partial charge >= 0.3 is 5.97 Å². The number of esters is 1. The van der Waals surface area contributed by atoms with Crippen molar-refractivity contribution >= 4 is 33.2 Å². The molecule has 0 fully saturated rings. The Hall–Kier alpha value is -4.05. The first-order chi connectivity index (χ1) is 16.9. The van der Waals surface area contributed by atoms with Gasteiger partial charge in [-0.2, -0.15) is 0 Å². The fraction of sp³-hybridized carbons (Fsp3) is 0.240. The first-order valence-electron chi connectivity index (χ1n) is 11.2. The maximum atomic E-state index is 12.9. The van der Waals surface area contributed by atoms with E-state index in [0.29, 0.717) is 23.4 Å². The molecule has 178 valence electrons. The van der Waals surface area contributed by atoms with Gasteiger partial charge in [-0.05, 0) is 62.4 Å². The van der Waals surface area contributed by atoms with Crippen LogP contribution in [0.2, 0.25) is 0 Å². The van der Waals surface area contributed by atoms with Crippen molar-refractivity contribution in [2.45, 2.75) is 32.6 Å². The number of carbonyl (C=O) groups is 1. The quantitative estimate of drug-likeness (QED) is 0.173. The number of fused-ring (bicyclic) bond motifs is 3. The number of aryl methyl sites for hydroxylation is 2. The smallest absolute Gasteiger partial charge is 0.343 e. The lowest BCUT2D eigenvalue weighted by atomic mass is 9.97. The van der Waals surface area contributed by atoms with Gasteiger partial charge in [-0.1, -0.05) is 6.07 Å². The maximum Gasteiger partial charge on any atom is 0.343 e. The highest BCUT2D eigenvalue weighted by Crippen LogP contribution is 2.36. The third-order valence-electron chi connectivity index (χ3n) is 5.84. The molecule has 1 N–H and O–H groups in total. The van der Waals surface area contributed by atoms with Crippen LogP contribution < -0.4 is 15.0 Å². The van der Waals surface area contributed by atoms with E-state index in [2.05, 4.69) is 4.98 Å². The van der Waals surface area contributed by atoms with Crippen LogP contribution in [0.5, 0.6) is 11.5 Å². The Kier molecular flexibility index (Phi) is 6.04. The Morgan fingerprint density at radius 3 is 2.80 bits per heavy atom. The molecule has 0 amide bonds. The molecular formula is C25H21N3O6S. The maximum absolute atomic E-state index is 12.9. The minimum absolute atomic E-state index is 0.0452. The van der Waals surface area contributed by atoms with Gasteiger partial charge in [-0.15, -0.1) is 11.3 Å². The molecule has 0 atom stereocenters. The van der Waals surface area contributed by atoms with Crippen LogP contribution in [-0.4, -0.2) is 27.5 Å². The molecule has 4 aromatic rings. The Morgan fingerprint density at radius 2 is 2.00 bits per heavy atom. The summed E-state index contributed by atoms with van der Waals surface area (Å²) < 4.78 is 11.2. The summed E-state index contributed by atoms with van der Waals surface area (Å²) in [5, 5.41) is 11.7. The zero-order valence-corrected chi connectivity index (χ0v) is 19.6. The Morgan fingerprint density at radius 1 is 1.17 bits per heavy atom. The summed E-state index contributed by atoms with van der Waals surface area (Å²) in [7, 11) is 0. The van der Waals surface area contributed by atoms with Crippen LogP contribution in [-0.2, 0) is 12.8 Å². The van der Waals surface area contributed by atoms with Crippen LogP contribution >= 0.6 is 11.3 Å². The van der Waals surface area contributed by atoms with E-state index in [1.54, 1.807) is 36.5 Å². The fourth-order valence-corrected chi connectivity index (χ4v) is 5.48. The number of benzene rings is 2. The van der Waals surface area contributed by atoms with E-state index < -0.39 is 10.9 Å². The average molecular weight is 492 g/mol. The van der Waals surface area contributed by atoms with E-state index >= 15 is 0 Å². The minimum atomic E-state index is -0.750. The molecular weight excluding hydrogens is 470 g/mol. The fourth-order valence-electron chi connectivity index (χ4n) is 4.21. The van der Waals surface area contributed by atoms with E-state index in [9.17, 15) is 19.7 Å². The van der Waals surface area contributed by atoms with Crippen LogP contribution in [0.4, 0.5) is 5.69 Å². The number of ether oxygens (including phenoxy) is 2. The van der Waals surface area contributed by atoms with Crippen LogP contribution in [0.15, 0.2) is 47.3 Å². The zero-order valence-electron chi connectivity index (χ0n) is 18.8. The van der Waals surface area contributed by atoms with Crippen molar-refractivity contribution in [2.24, 2.45) is 0 Å². The molecule has 9 nitrogen and oxygen atoms in total. The largest absolute Gasteiger partial charge is 0.490 e. The number of aromatic amines is 1. The van der Waals surface area contributed by atoms with Gasteiger partial charge < -0.3 is 14.5 Å². The third-order valence-corrected chi connectivity index (χ3v) is 7.02. The molecule has 1 aliphatic carbocycles. The summed E-state index contributed by atoms with van der Waals surface area (Å²) in [4.78, 5) is 45.5. The van der Waals surface area contributed by atoms with Crippen molar-refractivity contribution in [2.75, 3.05) is 6.61 Å². The number of hydrogen-bond acceptors (Lipinski definition) is 8. The molecule has 0 radical (unpaired) electrons. The van der Waals surface area contributed by atoms with Gasteiger partial charge in [0.2, 0.25) is 0 Å². The molecule has 5 rings (SSSR count). The second-order valence-corrected chi connectivity index (χ2v) is 9.18. The first kappa shape index (κ1) is 22.7. The van der Waals surface area contributed by atoms with E-state index in [1.807, 2.05) is 0 Å². The number of rotatable bonds is 6. The van der Waals surface area contributed by atoms with Crippen molar-refractivity contribution in [3.05, 3.63) is 78.9 Å². The molecule has 1 aliphatic rings. The molecule has 10 heteroatoms. The number of carbonyl (C=O) groups excluding carboxylic acids is 1. The third kappa shape index (κ3) is 4.40. The molecule has 0 saturated carbocycles. The number of hydrogen-bond donors (Lipinski definition) is 1. The minimum Gasteiger partial charge on any atom is -0.490 e. The SMILES string of the molecule is CCOc1cc(-c2nc3sc4c(c3c(=O)[nH]2)CCCC4)ccc1OC(=O)c1cccc([N+](=O)[O-])c1. The summed E-state index contributed by atoms with van der Waals surface area (Å²) in [6.45, 7) is 2.10. The van der Waals surface area contributed by atoms with E-state index in [-0.39, 0.29) is 28.3 Å². The molecule has 0 aliphatic heterocycles. The van der Waals surface area contributed by atoms with Crippen molar-refractivity contribution in [3.8, 4) is 22.9 Å². The lowest BCUT2D eigenvalue weighted by Crippen LogP contribution is -2.12. The molecule has 0 spiro atoms. The van der Waals surface area contributed by atoms with Crippen LogP contribution in [0.25, 0.3) is 21.6 Å². The number of nitro groups is 1. The number of nitrogens with one attached hydrogen (secondary N) is 1. The number of thiophene rings is 1. The monoisotopic (exact) mass is 491 g/mol. The van der Waals surface area contributed by atoms with Gasteiger partial charge in [-0.25, -0.2) is 9.78 Å². The summed E-state index contributed by atoms with van der Waals surface area (Å²) >= 11 is 1.57. The van der Waals surface area contributed by atoms with Crippen molar-refractivity contribution in [1.82, 2.24) is 9.97 Å². The molecule has 2 aromatic carbocycles. The van der Waals surface area contributed by atoms with Crippen LogP contribution in [0.1, 0.15) is 40.6 Å². The predicted molar refractivity (Wildman–Crippen MR) is 132 cm³/mol. The van der Waals surface area contributed by atoms with E-state index in [4.69, 9.17) is 14.5 Å². The Labute approximate surface area is 203 Å². The average Bonchev–Trinajstić information content (AvgIpc) is 3.24. The van der Waals surface area contributed by atoms with Gasteiger partial charge in [0.1, 0.15) is 10.7 Å². The second-order valence-electron chi connectivity index (χ2n) is 8.10. The second kappa shape index (κ2) is 9.30. The van der Waals surface area contributed by atoms with Crippen molar-refractivity contribution in [3.63, 3.8) is 0 Å². The molecule has 0 saturated heterocycles.